The second kappa shape index (κ2) is 7.84. The standard InChI is InChI=1S/C21H17N3O4S/c1-2-28-17-9-5-15(6-10-17)18-12-29-20-19(18)21(25)23(13-22-20)11-14-3-7-16(8-4-14)24(26)27/h3-10,12-13H,2,11H2,1H3. The Morgan fingerprint density at radius 3 is 2.52 bits per heavy atom. The van der Waals surface area contributed by atoms with E-state index in [-0.39, 0.29) is 11.2 Å². The molecule has 0 aliphatic carbocycles. The molecule has 0 aliphatic rings. The Balaban J connectivity index is 1.70. The fourth-order valence-electron chi connectivity index (χ4n) is 3.11. The molecule has 0 atom stereocenters. The first kappa shape index (κ1) is 18.8. The normalized spacial score (nSPS) is 10.9. The van der Waals surface area contributed by atoms with Crippen molar-refractivity contribution in [3.8, 4) is 16.9 Å². The number of hydrogen-bond acceptors (Lipinski definition) is 6. The lowest BCUT2D eigenvalue weighted by atomic mass is 10.1. The van der Waals surface area contributed by atoms with E-state index in [9.17, 15) is 14.9 Å². The van der Waals surface area contributed by atoms with Crippen LogP contribution in [-0.2, 0) is 6.54 Å². The molecule has 2 heterocycles. The number of aromatic nitrogens is 2. The average molecular weight is 407 g/mol. The van der Waals surface area contributed by atoms with Crippen molar-refractivity contribution in [2.24, 2.45) is 0 Å². The fourth-order valence-corrected chi connectivity index (χ4v) is 4.02. The summed E-state index contributed by atoms with van der Waals surface area (Å²) < 4.78 is 7.00. The van der Waals surface area contributed by atoms with Crippen LogP contribution in [0.3, 0.4) is 0 Å². The van der Waals surface area contributed by atoms with Gasteiger partial charge in [-0.25, -0.2) is 4.98 Å². The zero-order valence-electron chi connectivity index (χ0n) is 15.6. The second-order valence-corrected chi connectivity index (χ2v) is 7.25. The van der Waals surface area contributed by atoms with E-state index in [4.69, 9.17) is 4.74 Å². The Hall–Kier alpha value is -3.52. The van der Waals surface area contributed by atoms with Crippen molar-refractivity contribution in [3.05, 3.63) is 86.3 Å². The molecule has 0 aliphatic heterocycles. The van der Waals surface area contributed by atoms with Crippen molar-refractivity contribution in [1.29, 1.82) is 0 Å². The third kappa shape index (κ3) is 3.74. The number of ether oxygens (including phenoxy) is 1. The van der Waals surface area contributed by atoms with Crippen LogP contribution < -0.4 is 10.3 Å². The summed E-state index contributed by atoms with van der Waals surface area (Å²) in [4.78, 5) is 28.6. The van der Waals surface area contributed by atoms with E-state index >= 15 is 0 Å². The van der Waals surface area contributed by atoms with Gasteiger partial charge in [-0.05, 0) is 30.2 Å². The number of fused-ring (bicyclic) bond motifs is 1. The van der Waals surface area contributed by atoms with Crippen molar-refractivity contribution in [2.75, 3.05) is 6.61 Å². The lowest BCUT2D eigenvalue weighted by Gasteiger charge is -2.07. The summed E-state index contributed by atoms with van der Waals surface area (Å²) in [6.07, 6.45) is 1.52. The molecule has 8 heteroatoms. The highest BCUT2D eigenvalue weighted by Crippen LogP contribution is 2.31. The summed E-state index contributed by atoms with van der Waals surface area (Å²) in [6.45, 7) is 2.82. The van der Waals surface area contributed by atoms with Crippen LogP contribution in [0.2, 0.25) is 0 Å². The average Bonchev–Trinajstić information content (AvgIpc) is 3.16. The molecule has 0 saturated heterocycles. The molecule has 0 amide bonds. The van der Waals surface area contributed by atoms with Gasteiger partial charge in [0.1, 0.15) is 10.6 Å². The highest BCUT2D eigenvalue weighted by molar-refractivity contribution is 7.17. The summed E-state index contributed by atoms with van der Waals surface area (Å²) in [6, 6.07) is 13.8. The maximum absolute atomic E-state index is 13.1. The largest absolute Gasteiger partial charge is 0.494 e. The van der Waals surface area contributed by atoms with Crippen LogP contribution in [0.5, 0.6) is 5.75 Å². The fraction of sp³-hybridized carbons (Fsp3) is 0.143. The van der Waals surface area contributed by atoms with Crippen LogP contribution >= 0.6 is 11.3 Å². The Morgan fingerprint density at radius 2 is 1.86 bits per heavy atom. The summed E-state index contributed by atoms with van der Waals surface area (Å²) >= 11 is 1.43. The number of nitrogens with zero attached hydrogens (tertiary/aromatic N) is 3. The third-order valence-electron chi connectivity index (χ3n) is 4.54. The molecule has 0 saturated carbocycles. The molecule has 0 unspecified atom stereocenters. The summed E-state index contributed by atoms with van der Waals surface area (Å²) in [5.74, 6) is 0.782. The number of benzene rings is 2. The molecule has 2 aromatic carbocycles. The van der Waals surface area contributed by atoms with Gasteiger partial charge < -0.3 is 4.74 Å². The van der Waals surface area contributed by atoms with E-state index in [1.807, 2.05) is 36.6 Å². The molecule has 0 bridgehead atoms. The number of rotatable bonds is 6. The SMILES string of the molecule is CCOc1ccc(-c2csc3ncn(Cc4ccc([N+](=O)[O-])cc4)c(=O)c23)cc1. The van der Waals surface area contributed by atoms with Crippen LogP contribution in [0.4, 0.5) is 5.69 Å². The predicted molar refractivity (Wildman–Crippen MR) is 113 cm³/mol. The molecule has 29 heavy (non-hydrogen) atoms. The van der Waals surface area contributed by atoms with Gasteiger partial charge in [0.25, 0.3) is 11.2 Å². The Labute approximate surface area is 170 Å². The van der Waals surface area contributed by atoms with E-state index in [1.165, 1.54) is 34.4 Å². The summed E-state index contributed by atoms with van der Waals surface area (Å²) in [5, 5.41) is 13.3. The van der Waals surface area contributed by atoms with Gasteiger partial charge in [-0.3, -0.25) is 19.5 Å². The van der Waals surface area contributed by atoms with Gasteiger partial charge in [0.05, 0.1) is 29.8 Å². The van der Waals surface area contributed by atoms with Crippen LogP contribution in [0, 0.1) is 10.1 Å². The Bertz CT molecular complexity index is 1230. The number of hydrogen-bond donors (Lipinski definition) is 0. The number of nitro benzene ring substituents is 1. The number of nitro groups is 1. The van der Waals surface area contributed by atoms with Gasteiger partial charge >= 0.3 is 0 Å². The number of thiophene rings is 1. The van der Waals surface area contributed by atoms with E-state index in [1.54, 1.807) is 12.1 Å². The van der Waals surface area contributed by atoms with Crippen LogP contribution in [0.15, 0.2) is 65.0 Å². The van der Waals surface area contributed by atoms with Crippen molar-refractivity contribution < 1.29 is 9.66 Å². The molecule has 0 N–H and O–H groups in total. The topological polar surface area (TPSA) is 87.3 Å². The molecule has 146 valence electrons. The smallest absolute Gasteiger partial charge is 0.269 e. The van der Waals surface area contributed by atoms with Gasteiger partial charge in [-0.15, -0.1) is 11.3 Å². The number of non-ortho nitro benzene ring substituents is 1. The second-order valence-electron chi connectivity index (χ2n) is 6.39. The molecular formula is C21H17N3O4S. The third-order valence-corrected chi connectivity index (χ3v) is 5.42. The molecule has 0 spiro atoms. The quantitative estimate of drug-likeness (QED) is 0.347. The summed E-state index contributed by atoms with van der Waals surface area (Å²) in [5.41, 5.74) is 2.43. The Morgan fingerprint density at radius 1 is 1.14 bits per heavy atom. The lowest BCUT2D eigenvalue weighted by Crippen LogP contribution is -2.20. The van der Waals surface area contributed by atoms with E-state index in [0.29, 0.717) is 23.4 Å². The van der Waals surface area contributed by atoms with Gasteiger partial charge in [0.15, 0.2) is 0 Å². The van der Waals surface area contributed by atoms with Crippen molar-refractivity contribution in [1.82, 2.24) is 9.55 Å². The van der Waals surface area contributed by atoms with Crippen LogP contribution in [0.25, 0.3) is 21.3 Å². The van der Waals surface area contributed by atoms with Gasteiger partial charge in [0.2, 0.25) is 0 Å². The van der Waals surface area contributed by atoms with Gasteiger partial charge in [-0.2, -0.15) is 0 Å². The minimum absolute atomic E-state index is 0.0188. The maximum Gasteiger partial charge on any atom is 0.269 e. The van der Waals surface area contributed by atoms with Gasteiger partial charge in [-0.1, -0.05) is 24.3 Å². The predicted octanol–water partition coefficient (Wildman–Crippen LogP) is 4.48. The van der Waals surface area contributed by atoms with Crippen LogP contribution in [-0.4, -0.2) is 21.1 Å². The molecule has 0 radical (unpaired) electrons. The molecule has 4 rings (SSSR count). The molecule has 2 aromatic heterocycles. The Kier molecular flexibility index (Phi) is 5.09. The highest BCUT2D eigenvalue weighted by atomic mass is 32.1. The van der Waals surface area contributed by atoms with Crippen LogP contribution in [0.1, 0.15) is 12.5 Å². The maximum atomic E-state index is 13.1. The van der Waals surface area contributed by atoms with Gasteiger partial charge in [0, 0.05) is 23.1 Å². The van der Waals surface area contributed by atoms with E-state index in [2.05, 4.69) is 4.98 Å². The molecular weight excluding hydrogens is 390 g/mol. The van der Waals surface area contributed by atoms with Crippen molar-refractivity contribution >= 4 is 27.2 Å². The monoisotopic (exact) mass is 407 g/mol. The summed E-state index contributed by atoms with van der Waals surface area (Å²) in [7, 11) is 0. The highest BCUT2D eigenvalue weighted by Gasteiger charge is 2.14. The first-order chi connectivity index (χ1) is 14.1. The van der Waals surface area contributed by atoms with Crippen molar-refractivity contribution in [2.45, 2.75) is 13.5 Å². The first-order valence-corrected chi connectivity index (χ1v) is 9.88. The van der Waals surface area contributed by atoms with E-state index in [0.717, 1.165) is 22.4 Å². The lowest BCUT2D eigenvalue weighted by molar-refractivity contribution is -0.384. The minimum atomic E-state index is -0.446. The molecule has 4 aromatic rings. The zero-order chi connectivity index (χ0) is 20.4. The first-order valence-electron chi connectivity index (χ1n) is 9.00. The molecule has 7 nitrogen and oxygen atoms in total. The minimum Gasteiger partial charge on any atom is -0.494 e. The van der Waals surface area contributed by atoms with E-state index < -0.39 is 4.92 Å². The van der Waals surface area contributed by atoms with Crippen molar-refractivity contribution in [3.63, 3.8) is 0 Å². The molecule has 0 fully saturated rings. The zero-order valence-corrected chi connectivity index (χ0v) is 16.4.